The van der Waals surface area contributed by atoms with Gasteiger partial charge in [-0.15, -0.1) is 0 Å². The van der Waals surface area contributed by atoms with Crippen LogP contribution in [0.5, 0.6) is 0 Å². The standard InChI is InChI=1S/C16H23N5O2/c1-10(2)15-17-14(19-23-15)12-6-5-7-21(8-12)16(22)13-9-20(4)18-11(13)3/h9-10,12H,5-8H2,1-4H3/t12-/m0/s1. The zero-order chi connectivity index (χ0) is 16.6. The molecule has 3 rings (SSSR count). The predicted octanol–water partition coefficient (Wildman–Crippen LogP) is 2.25. The highest BCUT2D eigenvalue weighted by Gasteiger charge is 2.30. The van der Waals surface area contributed by atoms with Crippen molar-refractivity contribution in [1.82, 2.24) is 24.8 Å². The second-order valence-corrected chi connectivity index (χ2v) is 6.54. The van der Waals surface area contributed by atoms with Gasteiger partial charge in [-0.05, 0) is 19.8 Å². The number of hydrogen-bond acceptors (Lipinski definition) is 5. The largest absolute Gasteiger partial charge is 0.339 e. The molecule has 23 heavy (non-hydrogen) atoms. The second-order valence-electron chi connectivity index (χ2n) is 6.54. The molecule has 1 saturated heterocycles. The lowest BCUT2D eigenvalue weighted by Crippen LogP contribution is -2.39. The van der Waals surface area contributed by atoms with E-state index in [1.165, 1.54) is 0 Å². The van der Waals surface area contributed by atoms with Gasteiger partial charge >= 0.3 is 0 Å². The van der Waals surface area contributed by atoms with Crippen molar-refractivity contribution in [2.75, 3.05) is 13.1 Å². The van der Waals surface area contributed by atoms with Crippen molar-refractivity contribution >= 4 is 5.91 Å². The van der Waals surface area contributed by atoms with Gasteiger partial charge in [-0.1, -0.05) is 19.0 Å². The molecule has 7 nitrogen and oxygen atoms in total. The summed E-state index contributed by atoms with van der Waals surface area (Å²) in [6, 6.07) is 0. The van der Waals surface area contributed by atoms with Crippen LogP contribution in [0.3, 0.4) is 0 Å². The molecule has 3 heterocycles. The van der Waals surface area contributed by atoms with E-state index in [-0.39, 0.29) is 17.7 Å². The van der Waals surface area contributed by atoms with Crippen LogP contribution in [-0.2, 0) is 7.05 Å². The predicted molar refractivity (Wildman–Crippen MR) is 84.2 cm³/mol. The first-order chi connectivity index (χ1) is 11.0. The van der Waals surface area contributed by atoms with Gasteiger partial charge in [0, 0.05) is 38.2 Å². The minimum absolute atomic E-state index is 0.0351. The molecule has 0 aliphatic carbocycles. The molecular formula is C16H23N5O2. The number of nitrogens with zero attached hydrogens (tertiary/aromatic N) is 5. The molecule has 0 N–H and O–H groups in total. The highest BCUT2D eigenvalue weighted by Crippen LogP contribution is 2.27. The Morgan fingerprint density at radius 2 is 2.22 bits per heavy atom. The van der Waals surface area contributed by atoms with Crippen LogP contribution >= 0.6 is 0 Å². The molecule has 0 spiro atoms. The maximum absolute atomic E-state index is 12.7. The first kappa shape index (κ1) is 15.7. The van der Waals surface area contributed by atoms with Gasteiger partial charge in [0.2, 0.25) is 5.89 Å². The molecule has 0 saturated carbocycles. The second kappa shape index (κ2) is 6.14. The van der Waals surface area contributed by atoms with Crippen molar-refractivity contribution in [2.24, 2.45) is 7.05 Å². The Morgan fingerprint density at radius 3 is 2.83 bits per heavy atom. The van der Waals surface area contributed by atoms with Crippen LogP contribution in [0.2, 0.25) is 0 Å². The van der Waals surface area contributed by atoms with E-state index in [9.17, 15) is 4.79 Å². The zero-order valence-corrected chi connectivity index (χ0v) is 14.1. The number of likely N-dealkylation sites (tertiary alicyclic amines) is 1. The minimum Gasteiger partial charge on any atom is -0.339 e. The van der Waals surface area contributed by atoms with Crippen molar-refractivity contribution in [3.8, 4) is 0 Å². The highest BCUT2D eigenvalue weighted by molar-refractivity contribution is 5.95. The monoisotopic (exact) mass is 317 g/mol. The molecule has 1 fully saturated rings. The Hall–Kier alpha value is -2.18. The SMILES string of the molecule is Cc1nn(C)cc1C(=O)N1CCC[C@H](c2noc(C(C)C)n2)C1. The van der Waals surface area contributed by atoms with Crippen LogP contribution in [0.15, 0.2) is 10.7 Å². The van der Waals surface area contributed by atoms with Crippen LogP contribution in [0.4, 0.5) is 0 Å². The molecule has 1 amide bonds. The lowest BCUT2D eigenvalue weighted by atomic mass is 9.96. The molecule has 1 aliphatic heterocycles. The molecule has 1 aliphatic rings. The van der Waals surface area contributed by atoms with Crippen LogP contribution < -0.4 is 0 Å². The fraction of sp³-hybridized carbons (Fsp3) is 0.625. The molecule has 2 aromatic heterocycles. The van der Waals surface area contributed by atoms with Crippen molar-refractivity contribution in [1.29, 1.82) is 0 Å². The molecule has 1 atom stereocenters. The maximum Gasteiger partial charge on any atom is 0.257 e. The third-order valence-corrected chi connectivity index (χ3v) is 4.27. The Kier molecular flexibility index (Phi) is 4.19. The van der Waals surface area contributed by atoms with E-state index in [1.807, 2.05) is 32.7 Å². The van der Waals surface area contributed by atoms with Gasteiger partial charge in [0.05, 0.1) is 11.3 Å². The smallest absolute Gasteiger partial charge is 0.257 e. The Labute approximate surface area is 135 Å². The first-order valence-corrected chi connectivity index (χ1v) is 8.08. The minimum atomic E-state index is 0.0351. The van der Waals surface area contributed by atoms with Gasteiger partial charge in [0.25, 0.3) is 5.91 Å². The van der Waals surface area contributed by atoms with E-state index in [0.717, 1.165) is 25.1 Å². The number of piperidine rings is 1. The van der Waals surface area contributed by atoms with E-state index in [2.05, 4.69) is 15.2 Å². The van der Waals surface area contributed by atoms with Crippen LogP contribution in [-0.4, -0.2) is 43.8 Å². The fourth-order valence-corrected chi connectivity index (χ4v) is 3.00. The first-order valence-electron chi connectivity index (χ1n) is 8.08. The number of carbonyl (C=O) groups excluding carboxylic acids is 1. The number of aryl methyl sites for hydroxylation is 2. The maximum atomic E-state index is 12.7. The Bertz CT molecular complexity index is 703. The molecule has 7 heteroatoms. The van der Waals surface area contributed by atoms with Gasteiger partial charge in [0.15, 0.2) is 5.82 Å². The molecule has 0 bridgehead atoms. The highest BCUT2D eigenvalue weighted by atomic mass is 16.5. The van der Waals surface area contributed by atoms with Gasteiger partial charge in [-0.25, -0.2) is 0 Å². The van der Waals surface area contributed by atoms with E-state index in [0.29, 0.717) is 23.8 Å². The molecule has 0 aromatic carbocycles. The number of rotatable bonds is 3. The molecule has 2 aromatic rings. The van der Waals surface area contributed by atoms with E-state index in [1.54, 1.807) is 10.9 Å². The van der Waals surface area contributed by atoms with E-state index in [4.69, 9.17) is 4.52 Å². The van der Waals surface area contributed by atoms with Crippen molar-refractivity contribution in [3.05, 3.63) is 29.2 Å². The molecular weight excluding hydrogens is 294 g/mol. The molecule has 0 radical (unpaired) electrons. The van der Waals surface area contributed by atoms with Crippen molar-refractivity contribution in [3.63, 3.8) is 0 Å². The summed E-state index contributed by atoms with van der Waals surface area (Å²) in [5, 5.41) is 8.37. The normalized spacial score (nSPS) is 18.7. The van der Waals surface area contributed by atoms with E-state index >= 15 is 0 Å². The van der Waals surface area contributed by atoms with Crippen LogP contribution in [0.25, 0.3) is 0 Å². The van der Waals surface area contributed by atoms with E-state index < -0.39 is 0 Å². The number of carbonyl (C=O) groups is 1. The number of amides is 1. The Morgan fingerprint density at radius 1 is 1.43 bits per heavy atom. The average molecular weight is 317 g/mol. The fourth-order valence-electron chi connectivity index (χ4n) is 3.00. The van der Waals surface area contributed by atoms with Gasteiger partial charge in [0.1, 0.15) is 0 Å². The number of hydrogen-bond donors (Lipinski definition) is 0. The number of aromatic nitrogens is 4. The third-order valence-electron chi connectivity index (χ3n) is 4.27. The van der Waals surface area contributed by atoms with Crippen LogP contribution in [0, 0.1) is 6.92 Å². The summed E-state index contributed by atoms with van der Waals surface area (Å²) in [5.74, 6) is 1.77. The summed E-state index contributed by atoms with van der Waals surface area (Å²) < 4.78 is 6.98. The molecule has 124 valence electrons. The topological polar surface area (TPSA) is 77.0 Å². The lowest BCUT2D eigenvalue weighted by molar-refractivity contribution is 0.0703. The van der Waals surface area contributed by atoms with Gasteiger partial charge in [-0.3, -0.25) is 9.48 Å². The van der Waals surface area contributed by atoms with Crippen LogP contribution in [0.1, 0.15) is 66.3 Å². The average Bonchev–Trinajstić information content (AvgIpc) is 3.13. The lowest BCUT2D eigenvalue weighted by Gasteiger charge is -2.31. The van der Waals surface area contributed by atoms with Crippen molar-refractivity contribution < 1.29 is 9.32 Å². The summed E-state index contributed by atoms with van der Waals surface area (Å²) in [4.78, 5) is 19.1. The van der Waals surface area contributed by atoms with Gasteiger partial charge < -0.3 is 9.42 Å². The summed E-state index contributed by atoms with van der Waals surface area (Å²) >= 11 is 0. The summed E-state index contributed by atoms with van der Waals surface area (Å²) in [6.07, 6.45) is 3.71. The summed E-state index contributed by atoms with van der Waals surface area (Å²) in [6.45, 7) is 7.31. The third kappa shape index (κ3) is 3.13. The van der Waals surface area contributed by atoms with Gasteiger partial charge in [-0.2, -0.15) is 10.1 Å². The van der Waals surface area contributed by atoms with Crippen molar-refractivity contribution in [2.45, 2.75) is 45.4 Å². The Balaban J connectivity index is 1.75. The summed E-state index contributed by atoms with van der Waals surface area (Å²) in [7, 11) is 1.83. The molecule has 0 unspecified atom stereocenters. The summed E-state index contributed by atoms with van der Waals surface area (Å²) in [5.41, 5.74) is 1.44. The zero-order valence-electron chi connectivity index (χ0n) is 14.1. The quantitative estimate of drug-likeness (QED) is 0.867.